The average molecular weight is 120 g/mol. The van der Waals surface area contributed by atoms with Crippen molar-refractivity contribution < 1.29 is 0 Å². The minimum Gasteiger partial charge on any atom is -0.360 e. The quantitative estimate of drug-likeness (QED) is 0.599. The number of aromatic nitrogens is 1. The monoisotopic (exact) mass is 120 g/mol. The molecule has 0 saturated carbocycles. The zero-order valence-electron chi connectivity index (χ0n) is 5.26. The van der Waals surface area contributed by atoms with Crippen LogP contribution in [-0.2, 0) is 0 Å². The van der Waals surface area contributed by atoms with E-state index < -0.39 is 0 Å². The van der Waals surface area contributed by atoms with Crippen LogP contribution in [0.1, 0.15) is 6.92 Å². The first-order valence-corrected chi connectivity index (χ1v) is 2.77. The van der Waals surface area contributed by atoms with Crippen LogP contribution < -0.4 is 5.32 Å². The fraction of sp³-hybridized carbons (Fsp3) is 0.143. The van der Waals surface area contributed by atoms with Crippen molar-refractivity contribution in [1.82, 2.24) is 4.98 Å². The van der Waals surface area contributed by atoms with Crippen molar-refractivity contribution in [3.63, 3.8) is 0 Å². The minimum atomic E-state index is 0.833. The summed E-state index contributed by atoms with van der Waals surface area (Å²) >= 11 is 0. The van der Waals surface area contributed by atoms with Gasteiger partial charge >= 0.3 is 0 Å². The van der Waals surface area contributed by atoms with Gasteiger partial charge in [0.15, 0.2) is 0 Å². The molecule has 46 valence electrons. The first-order chi connectivity index (χ1) is 4.43. The van der Waals surface area contributed by atoms with Crippen molar-refractivity contribution in [3.05, 3.63) is 30.9 Å². The predicted molar refractivity (Wildman–Crippen MR) is 36.8 cm³/mol. The second kappa shape index (κ2) is 3.07. The van der Waals surface area contributed by atoms with Gasteiger partial charge in [0, 0.05) is 6.20 Å². The number of rotatable bonds is 2. The Morgan fingerprint density at radius 3 is 3.00 bits per heavy atom. The molecule has 0 unspecified atom stereocenters. The van der Waals surface area contributed by atoms with E-state index in [1.54, 1.807) is 13.1 Å². The van der Waals surface area contributed by atoms with Crippen LogP contribution in [0.3, 0.4) is 0 Å². The van der Waals surface area contributed by atoms with E-state index in [-0.39, 0.29) is 0 Å². The van der Waals surface area contributed by atoms with E-state index in [0.717, 1.165) is 5.82 Å². The van der Waals surface area contributed by atoms with Gasteiger partial charge in [0.1, 0.15) is 5.82 Å². The van der Waals surface area contributed by atoms with E-state index in [1.807, 2.05) is 18.2 Å². The maximum Gasteiger partial charge on any atom is 0.126 e. The summed E-state index contributed by atoms with van der Waals surface area (Å²) in [5.74, 6) is 0.833. The third-order valence-corrected chi connectivity index (χ3v) is 0.918. The van der Waals surface area contributed by atoms with Gasteiger partial charge in [-0.2, -0.15) is 0 Å². The highest BCUT2D eigenvalue weighted by molar-refractivity contribution is 5.34. The number of anilines is 1. The molecule has 2 radical (unpaired) electrons. The summed E-state index contributed by atoms with van der Waals surface area (Å²) in [6.45, 7) is 4.57. The molecule has 0 fully saturated rings. The van der Waals surface area contributed by atoms with Gasteiger partial charge in [-0.25, -0.2) is 4.98 Å². The van der Waals surface area contributed by atoms with Crippen LogP contribution in [0.4, 0.5) is 5.82 Å². The van der Waals surface area contributed by atoms with Crippen molar-refractivity contribution in [2.45, 2.75) is 6.92 Å². The summed E-state index contributed by atoms with van der Waals surface area (Å²) in [4.78, 5) is 3.99. The zero-order valence-corrected chi connectivity index (χ0v) is 5.26. The van der Waals surface area contributed by atoms with E-state index >= 15 is 0 Å². The summed E-state index contributed by atoms with van der Waals surface area (Å²) in [5, 5.41) is 2.85. The maximum absolute atomic E-state index is 3.99. The summed E-state index contributed by atoms with van der Waals surface area (Å²) in [7, 11) is 0. The highest BCUT2D eigenvalue weighted by Gasteiger charge is 1.84. The van der Waals surface area contributed by atoms with Crippen molar-refractivity contribution in [1.29, 1.82) is 0 Å². The topological polar surface area (TPSA) is 24.9 Å². The van der Waals surface area contributed by atoms with Crippen LogP contribution in [0.25, 0.3) is 0 Å². The van der Waals surface area contributed by atoms with Gasteiger partial charge in [-0.15, -0.1) is 0 Å². The van der Waals surface area contributed by atoms with Crippen molar-refractivity contribution >= 4 is 5.82 Å². The molecule has 0 atom stereocenters. The first kappa shape index (κ1) is 6.08. The minimum absolute atomic E-state index is 0.833. The van der Waals surface area contributed by atoms with E-state index in [4.69, 9.17) is 0 Å². The molecule has 0 aromatic carbocycles. The fourth-order valence-corrected chi connectivity index (χ4v) is 0.565. The van der Waals surface area contributed by atoms with E-state index in [9.17, 15) is 0 Å². The number of pyridine rings is 1. The molecule has 0 spiro atoms. The lowest BCUT2D eigenvalue weighted by Crippen LogP contribution is -1.91. The molecule has 2 heteroatoms. The molecular weight excluding hydrogens is 112 g/mol. The third-order valence-electron chi connectivity index (χ3n) is 0.918. The molecule has 9 heavy (non-hydrogen) atoms. The number of nitrogens with one attached hydrogen (secondary N) is 1. The lowest BCUT2D eigenvalue weighted by Gasteiger charge is -1.96. The first-order valence-electron chi connectivity index (χ1n) is 2.77. The molecule has 0 aliphatic heterocycles. The number of nitrogens with zero attached hydrogens (tertiary/aromatic N) is 1. The third kappa shape index (κ3) is 1.72. The van der Waals surface area contributed by atoms with Crippen molar-refractivity contribution in [3.8, 4) is 0 Å². The van der Waals surface area contributed by atoms with E-state index in [2.05, 4.69) is 16.8 Å². The Morgan fingerprint density at radius 2 is 2.44 bits per heavy atom. The highest BCUT2D eigenvalue weighted by Crippen LogP contribution is 1.98. The molecule has 0 amide bonds. The largest absolute Gasteiger partial charge is 0.360 e. The zero-order chi connectivity index (χ0) is 6.53. The summed E-state index contributed by atoms with van der Waals surface area (Å²) in [5.41, 5.74) is 0. The molecule has 0 aliphatic rings. The standard InChI is InChI=1S/C7H8N2/c1-2-8-7-5-3-4-6-9-7/h3-6H,1H3,(H,8,9). The van der Waals surface area contributed by atoms with Crippen LogP contribution in [0.2, 0.25) is 0 Å². The molecule has 1 heterocycles. The van der Waals surface area contributed by atoms with Gasteiger partial charge in [-0.3, -0.25) is 0 Å². The van der Waals surface area contributed by atoms with E-state index in [1.165, 1.54) is 0 Å². The molecule has 1 rings (SSSR count). The number of hydrogen-bond acceptors (Lipinski definition) is 2. The normalized spacial score (nSPS) is 9.00. The smallest absolute Gasteiger partial charge is 0.126 e. The Hall–Kier alpha value is -1.05. The SMILES string of the molecule is C[C]Nc1ccccn1. The van der Waals surface area contributed by atoms with Gasteiger partial charge in [0.2, 0.25) is 0 Å². The highest BCUT2D eigenvalue weighted by atomic mass is 15.0. The van der Waals surface area contributed by atoms with Gasteiger partial charge in [0.25, 0.3) is 0 Å². The van der Waals surface area contributed by atoms with Crippen molar-refractivity contribution in [2.75, 3.05) is 5.32 Å². The second-order valence-electron chi connectivity index (χ2n) is 1.59. The Bertz CT molecular complexity index is 160. The molecule has 2 nitrogen and oxygen atoms in total. The Morgan fingerprint density at radius 1 is 1.56 bits per heavy atom. The molecule has 1 aromatic heterocycles. The molecule has 0 saturated heterocycles. The average Bonchev–Trinajstić information content (AvgIpc) is 1.91. The Kier molecular flexibility index (Phi) is 2.07. The summed E-state index contributed by atoms with van der Waals surface area (Å²) < 4.78 is 0. The van der Waals surface area contributed by atoms with E-state index in [0.29, 0.717) is 0 Å². The van der Waals surface area contributed by atoms with Crippen LogP contribution in [0, 0.1) is 6.54 Å². The van der Waals surface area contributed by atoms with Crippen LogP contribution in [0.15, 0.2) is 24.4 Å². The molecule has 1 N–H and O–H groups in total. The van der Waals surface area contributed by atoms with Crippen LogP contribution in [-0.4, -0.2) is 4.98 Å². The number of hydrogen-bond donors (Lipinski definition) is 1. The van der Waals surface area contributed by atoms with Crippen LogP contribution >= 0.6 is 0 Å². The molecule has 1 aromatic rings. The van der Waals surface area contributed by atoms with Crippen LogP contribution in [0.5, 0.6) is 0 Å². The van der Waals surface area contributed by atoms with Gasteiger partial charge < -0.3 is 5.32 Å². The fourth-order valence-electron chi connectivity index (χ4n) is 0.565. The molecule has 0 bridgehead atoms. The van der Waals surface area contributed by atoms with Gasteiger partial charge in [-0.1, -0.05) is 6.07 Å². The van der Waals surface area contributed by atoms with Crippen molar-refractivity contribution in [2.24, 2.45) is 0 Å². The Labute approximate surface area is 54.9 Å². The molecule has 0 aliphatic carbocycles. The lowest BCUT2D eigenvalue weighted by atomic mass is 10.5. The molecular formula is C7H8N2. The summed E-state index contributed by atoms with van der Waals surface area (Å²) in [6, 6.07) is 5.68. The predicted octanol–water partition coefficient (Wildman–Crippen LogP) is 1.55. The van der Waals surface area contributed by atoms with Gasteiger partial charge in [-0.05, 0) is 19.1 Å². The summed E-state index contributed by atoms with van der Waals surface area (Å²) in [6.07, 6.45) is 1.74. The Balaban J connectivity index is 2.61. The maximum atomic E-state index is 3.99. The van der Waals surface area contributed by atoms with Gasteiger partial charge in [0.05, 0.1) is 6.54 Å². The lowest BCUT2D eigenvalue weighted by molar-refractivity contribution is 1.26. The second-order valence-corrected chi connectivity index (χ2v) is 1.59.